The van der Waals surface area contributed by atoms with Gasteiger partial charge in [-0.1, -0.05) is 60.2 Å². The van der Waals surface area contributed by atoms with Crippen LogP contribution < -0.4 is 9.80 Å². The van der Waals surface area contributed by atoms with E-state index in [1.807, 2.05) is 6.07 Å². The number of phenols is 1. The van der Waals surface area contributed by atoms with Gasteiger partial charge in [0.2, 0.25) is 23.6 Å². The lowest BCUT2D eigenvalue weighted by atomic mass is 9.51. The highest BCUT2D eigenvalue weighted by molar-refractivity contribution is 6.25. The van der Waals surface area contributed by atoms with Crippen molar-refractivity contribution in [2.75, 3.05) is 9.80 Å². The van der Waals surface area contributed by atoms with Crippen LogP contribution in [0.4, 0.5) is 37.7 Å². The summed E-state index contributed by atoms with van der Waals surface area (Å²) in [4.78, 5) is 58.8. The molecule has 13 heteroatoms. The second-order valence-corrected chi connectivity index (χ2v) is 14.0. The van der Waals surface area contributed by atoms with E-state index < -0.39 is 87.8 Å². The fourth-order valence-electron chi connectivity index (χ4n) is 9.06. The Morgan fingerprint density at radius 3 is 2.00 bits per heavy atom. The number of nitrogens with zero attached hydrogens (tertiary/aromatic N) is 2. The number of carbonyl (C=O) groups excluding carboxylic acids is 4. The molecule has 0 aromatic heterocycles. The van der Waals surface area contributed by atoms with E-state index in [1.165, 1.54) is 6.07 Å². The SMILES string of the molecule is C[C@@]12C(=O)N(c3ccccc3)C(=O)[C@@H]1C[C@@H]1C(=CC[C@@H]3C(=O)N(c4cc(C(F)(F)F)cc(C(F)(F)F)c4)C(=O)[C@@H]31)[C@@H]2c1c(O)ccc2ccccc12. The van der Waals surface area contributed by atoms with Crippen molar-refractivity contribution in [3.05, 3.63) is 113 Å². The lowest BCUT2D eigenvalue weighted by molar-refractivity contribution is -0.143. The molecule has 4 aromatic carbocycles. The number of allylic oxidation sites excluding steroid dienone is 2. The molecule has 2 aliphatic carbocycles. The highest BCUT2D eigenvalue weighted by atomic mass is 19.4. The maximum atomic E-state index is 14.7. The molecule has 0 bridgehead atoms. The summed E-state index contributed by atoms with van der Waals surface area (Å²) in [5.41, 5.74) is -4.59. The fraction of sp³-hybridized carbons (Fsp3) is 0.282. The molecule has 6 atom stereocenters. The van der Waals surface area contributed by atoms with Crippen molar-refractivity contribution in [3.8, 4) is 5.75 Å². The zero-order valence-corrected chi connectivity index (χ0v) is 27.2. The number of phenolic OH excluding ortho intramolecular Hbond substituents is 1. The van der Waals surface area contributed by atoms with Crippen molar-refractivity contribution in [1.29, 1.82) is 0 Å². The number of rotatable bonds is 3. The van der Waals surface area contributed by atoms with Crippen LogP contribution in [0.5, 0.6) is 5.75 Å². The minimum absolute atomic E-state index is 0.0777. The first-order valence-electron chi connectivity index (χ1n) is 16.5. The third-order valence-corrected chi connectivity index (χ3v) is 11.4. The first kappa shape index (κ1) is 33.7. The lowest BCUT2D eigenvalue weighted by Gasteiger charge is -2.49. The van der Waals surface area contributed by atoms with Gasteiger partial charge in [0.1, 0.15) is 5.75 Å². The van der Waals surface area contributed by atoms with Gasteiger partial charge < -0.3 is 5.11 Å². The van der Waals surface area contributed by atoms with Crippen molar-refractivity contribution in [1.82, 2.24) is 0 Å². The number of fused-ring (bicyclic) bond motifs is 5. The highest BCUT2D eigenvalue weighted by Crippen LogP contribution is 2.65. The first-order chi connectivity index (χ1) is 24.5. The molecule has 7 nitrogen and oxygen atoms in total. The summed E-state index contributed by atoms with van der Waals surface area (Å²) in [5.74, 6) is -8.68. The van der Waals surface area contributed by atoms with Gasteiger partial charge in [0.15, 0.2) is 0 Å². The summed E-state index contributed by atoms with van der Waals surface area (Å²) in [5, 5.41) is 12.8. The number of carbonyl (C=O) groups is 4. The second-order valence-electron chi connectivity index (χ2n) is 14.0. The van der Waals surface area contributed by atoms with Gasteiger partial charge in [-0.05, 0) is 72.9 Å². The topological polar surface area (TPSA) is 95.0 Å². The van der Waals surface area contributed by atoms with E-state index in [0.29, 0.717) is 44.6 Å². The van der Waals surface area contributed by atoms with E-state index in [1.54, 1.807) is 67.6 Å². The summed E-state index contributed by atoms with van der Waals surface area (Å²) in [6.45, 7) is 1.64. The quantitative estimate of drug-likeness (QED) is 0.132. The van der Waals surface area contributed by atoms with Gasteiger partial charge in [-0.25, -0.2) is 9.80 Å². The van der Waals surface area contributed by atoms with Gasteiger partial charge in [-0.3, -0.25) is 19.2 Å². The maximum Gasteiger partial charge on any atom is 0.416 e. The summed E-state index contributed by atoms with van der Waals surface area (Å²) < 4.78 is 82.9. The molecule has 0 radical (unpaired) electrons. The summed E-state index contributed by atoms with van der Waals surface area (Å²) in [7, 11) is 0. The first-order valence-corrected chi connectivity index (χ1v) is 16.5. The molecule has 0 unspecified atom stereocenters. The molecule has 3 fully saturated rings. The van der Waals surface area contributed by atoms with Gasteiger partial charge in [0.05, 0.1) is 45.7 Å². The van der Waals surface area contributed by atoms with E-state index >= 15 is 0 Å². The Kier molecular flexibility index (Phi) is 7.30. The van der Waals surface area contributed by atoms with Crippen LogP contribution in [-0.4, -0.2) is 28.7 Å². The smallest absolute Gasteiger partial charge is 0.416 e. The average molecular weight is 719 g/mol. The minimum Gasteiger partial charge on any atom is -0.508 e. The van der Waals surface area contributed by atoms with Crippen LogP contribution in [0.15, 0.2) is 96.6 Å². The Balaban J connectivity index is 1.30. The van der Waals surface area contributed by atoms with Crippen LogP contribution >= 0.6 is 0 Å². The molecule has 266 valence electrons. The van der Waals surface area contributed by atoms with E-state index in [4.69, 9.17) is 0 Å². The zero-order chi connectivity index (χ0) is 37.1. The molecule has 4 aromatic rings. The number of alkyl halides is 6. The van der Waals surface area contributed by atoms with Gasteiger partial charge in [0.25, 0.3) is 0 Å². The van der Waals surface area contributed by atoms with Crippen LogP contribution in [0.1, 0.15) is 42.4 Å². The number of hydrogen-bond acceptors (Lipinski definition) is 5. The number of para-hydroxylation sites is 1. The van der Waals surface area contributed by atoms with Crippen LogP contribution in [0, 0.1) is 29.1 Å². The predicted octanol–water partition coefficient (Wildman–Crippen LogP) is 8.02. The standard InChI is InChI=1S/C39H28F6N2O5/c1-37-28(34(50)47(36(37)52)22-8-3-2-4-9-22)18-27-25(32(37)31-24-10-6-5-7-19(24)11-14-29(31)48)12-13-26-30(27)35(51)46(33(26)49)23-16-20(38(40,41)42)15-21(17-23)39(43,44)45/h2-12,14-17,26-28,30,32,48H,13,18H2,1H3/t26-,27+,28-,30-,32+,37+/m0/s1. The normalized spacial score (nSPS) is 27.5. The number of amides is 4. The molecule has 4 amide bonds. The van der Waals surface area contributed by atoms with E-state index in [-0.39, 0.29) is 24.7 Å². The van der Waals surface area contributed by atoms with Gasteiger partial charge >= 0.3 is 12.4 Å². The average Bonchev–Trinajstić information content (AvgIpc) is 3.47. The van der Waals surface area contributed by atoms with Crippen molar-refractivity contribution in [3.63, 3.8) is 0 Å². The molecule has 1 N–H and O–H groups in total. The Hall–Kier alpha value is -5.46. The monoisotopic (exact) mass is 718 g/mol. The molecule has 2 saturated heterocycles. The number of anilines is 2. The number of imide groups is 2. The van der Waals surface area contributed by atoms with E-state index in [2.05, 4.69) is 0 Å². The van der Waals surface area contributed by atoms with Crippen molar-refractivity contribution < 1.29 is 50.6 Å². The van der Waals surface area contributed by atoms with Crippen molar-refractivity contribution in [2.45, 2.75) is 38.0 Å². The largest absolute Gasteiger partial charge is 0.508 e. The molecule has 2 heterocycles. The van der Waals surface area contributed by atoms with E-state index in [0.717, 1.165) is 4.90 Å². The summed E-state index contributed by atoms with van der Waals surface area (Å²) in [6, 6.07) is 19.1. The molecule has 4 aliphatic rings. The third kappa shape index (κ3) is 4.73. The third-order valence-electron chi connectivity index (χ3n) is 11.4. The van der Waals surface area contributed by atoms with Crippen molar-refractivity contribution in [2.24, 2.45) is 29.1 Å². The molecule has 8 rings (SSSR count). The van der Waals surface area contributed by atoms with Crippen LogP contribution in [0.3, 0.4) is 0 Å². The molecule has 52 heavy (non-hydrogen) atoms. The number of halogens is 6. The lowest BCUT2D eigenvalue weighted by Crippen LogP contribution is -2.49. The highest BCUT2D eigenvalue weighted by Gasteiger charge is 2.68. The van der Waals surface area contributed by atoms with Crippen molar-refractivity contribution >= 4 is 45.8 Å². The Labute approximate surface area is 292 Å². The predicted molar refractivity (Wildman–Crippen MR) is 176 cm³/mol. The molecular formula is C39H28F6N2O5. The number of aromatic hydroxyl groups is 1. The zero-order valence-electron chi connectivity index (χ0n) is 27.2. The molecule has 2 aliphatic heterocycles. The Bertz CT molecular complexity index is 2220. The molecule has 0 spiro atoms. The second kappa shape index (κ2) is 11.3. The molecule has 1 saturated carbocycles. The Morgan fingerprint density at radius 1 is 0.712 bits per heavy atom. The van der Waals surface area contributed by atoms with Gasteiger partial charge in [-0.15, -0.1) is 0 Å². The van der Waals surface area contributed by atoms with Crippen LogP contribution in [0.25, 0.3) is 10.8 Å². The maximum absolute atomic E-state index is 14.7. The van der Waals surface area contributed by atoms with Gasteiger partial charge in [0, 0.05) is 11.5 Å². The number of benzene rings is 4. The summed E-state index contributed by atoms with van der Waals surface area (Å²) >= 11 is 0. The summed E-state index contributed by atoms with van der Waals surface area (Å²) in [6.07, 6.45) is -8.97. The minimum atomic E-state index is -5.22. The fourth-order valence-corrected chi connectivity index (χ4v) is 9.06. The van der Waals surface area contributed by atoms with Crippen LogP contribution in [0.2, 0.25) is 0 Å². The Morgan fingerprint density at radius 2 is 1.35 bits per heavy atom. The number of hydrogen-bond donors (Lipinski definition) is 1. The van der Waals surface area contributed by atoms with Crippen LogP contribution in [-0.2, 0) is 31.5 Å². The van der Waals surface area contributed by atoms with Gasteiger partial charge in [-0.2, -0.15) is 26.3 Å². The molecular weight excluding hydrogens is 690 g/mol. The van der Waals surface area contributed by atoms with E-state index in [9.17, 15) is 50.6 Å².